The van der Waals surface area contributed by atoms with Gasteiger partial charge in [-0.3, -0.25) is 14.9 Å². The highest BCUT2D eigenvalue weighted by atomic mass is 35.5. The van der Waals surface area contributed by atoms with Crippen LogP contribution in [0, 0.1) is 6.92 Å². The van der Waals surface area contributed by atoms with E-state index in [2.05, 4.69) is 5.32 Å². The fraction of sp³-hybridized carbons (Fsp3) is 0.0606. The number of barbiturate groups is 1. The fourth-order valence-corrected chi connectivity index (χ4v) is 5.06. The molecule has 0 aliphatic carbocycles. The van der Waals surface area contributed by atoms with Gasteiger partial charge in [0.2, 0.25) is 0 Å². The van der Waals surface area contributed by atoms with Crippen LogP contribution >= 0.6 is 11.6 Å². The second kappa shape index (κ2) is 10.3. The Morgan fingerprint density at radius 1 is 0.825 bits per heavy atom. The molecule has 5 aromatic carbocycles. The summed E-state index contributed by atoms with van der Waals surface area (Å²) < 4.78 is 6.33. The summed E-state index contributed by atoms with van der Waals surface area (Å²) in [5, 5.41) is 6.58. The largest absolute Gasteiger partial charge is 0.488 e. The van der Waals surface area contributed by atoms with Gasteiger partial charge >= 0.3 is 6.03 Å². The van der Waals surface area contributed by atoms with Crippen molar-refractivity contribution < 1.29 is 19.1 Å². The number of benzene rings is 5. The van der Waals surface area contributed by atoms with Crippen LogP contribution in [0.5, 0.6) is 5.75 Å². The number of fused-ring (bicyclic) bond motifs is 2. The molecule has 7 heteroatoms. The fourth-order valence-electron chi connectivity index (χ4n) is 4.88. The number of nitrogens with one attached hydrogen (secondary N) is 1. The van der Waals surface area contributed by atoms with E-state index in [9.17, 15) is 14.4 Å². The summed E-state index contributed by atoms with van der Waals surface area (Å²) >= 11 is 6.26. The van der Waals surface area contributed by atoms with E-state index >= 15 is 0 Å². The van der Waals surface area contributed by atoms with Crippen LogP contribution in [0.3, 0.4) is 0 Å². The number of halogens is 1. The molecular formula is C33H23ClN2O4. The van der Waals surface area contributed by atoms with Crippen molar-refractivity contribution in [3.05, 3.63) is 124 Å². The van der Waals surface area contributed by atoms with Gasteiger partial charge in [0.25, 0.3) is 11.8 Å². The quantitative estimate of drug-likeness (QED) is 0.187. The van der Waals surface area contributed by atoms with Gasteiger partial charge in [-0.15, -0.1) is 0 Å². The van der Waals surface area contributed by atoms with Gasteiger partial charge in [-0.25, -0.2) is 9.69 Å². The van der Waals surface area contributed by atoms with Crippen LogP contribution in [0.1, 0.15) is 16.7 Å². The van der Waals surface area contributed by atoms with Crippen molar-refractivity contribution in [1.82, 2.24) is 5.32 Å². The number of ether oxygens (including phenoxy) is 1. The molecule has 0 spiro atoms. The van der Waals surface area contributed by atoms with E-state index in [0.717, 1.165) is 37.6 Å². The Morgan fingerprint density at radius 3 is 2.30 bits per heavy atom. The number of imide groups is 2. The van der Waals surface area contributed by atoms with E-state index in [0.29, 0.717) is 16.3 Å². The molecule has 1 fully saturated rings. The molecule has 0 bridgehead atoms. The number of urea groups is 1. The Bertz CT molecular complexity index is 1870. The van der Waals surface area contributed by atoms with Crippen molar-refractivity contribution >= 4 is 62.8 Å². The van der Waals surface area contributed by atoms with Crippen LogP contribution in [-0.2, 0) is 16.2 Å². The maximum atomic E-state index is 13.6. The Kier molecular flexibility index (Phi) is 6.54. The summed E-state index contributed by atoms with van der Waals surface area (Å²) in [6.45, 7) is 2.10. The molecule has 6 rings (SSSR count). The first kappa shape index (κ1) is 25.3. The van der Waals surface area contributed by atoms with Crippen LogP contribution in [0.2, 0.25) is 5.02 Å². The van der Waals surface area contributed by atoms with Gasteiger partial charge in [0.1, 0.15) is 17.9 Å². The van der Waals surface area contributed by atoms with Gasteiger partial charge in [-0.1, -0.05) is 90.5 Å². The third kappa shape index (κ3) is 4.59. The second-order valence-electron chi connectivity index (χ2n) is 9.52. The number of aryl methyl sites for hydroxylation is 1. The highest BCUT2D eigenvalue weighted by molar-refractivity contribution is 6.40. The summed E-state index contributed by atoms with van der Waals surface area (Å²) in [4.78, 5) is 40.2. The molecule has 1 aliphatic heterocycles. The van der Waals surface area contributed by atoms with E-state index in [4.69, 9.17) is 16.3 Å². The molecule has 6 nitrogen and oxygen atoms in total. The molecule has 5 aromatic rings. The van der Waals surface area contributed by atoms with Gasteiger partial charge < -0.3 is 4.74 Å². The van der Waals surface area contributed by atoms with Gasteiger partial charge in [0.15, 0.2) is 0 Å². The third-order valence-corrected chi connectivity index (χ3v) is 7.40. The normalized spacial score (nSPS) is 14.7. The van der Waals surface area contributed by atoms with Gasteiger partial charge in [-0.2, -0.15) is 0 Å². The minimum absolute atomic E-state index is 0.192. The SMILES string of the molecule is Cc1ccc(N2C(=O)NC(=O)/C(=C\c3c(OCc4cccc5ccccc45)ccc4ccccc34)C2=O)cc1Cl. The van der Waals surface area contributed by atoms with E-state index in [-0.39, 0.29) is 17.9 Å². The smallest absolute Gasteiger partial charge is 0.335 e. The highest BCUT2D eigenvalue weighted by Gasteiger charge is 2.37. The number of carbonyl (C=O) groups excluding carboxylic acids is 3. The molecule has 0 aromatic heterocycles. The zero-order valence-electron chi connectivity index (χ0n) is 21.5. The zero-order chi connectivity index (χ0) is 27.8. The molecule has 4 amide bonds. The predicted molar refractivity (Wildman–Crippen MR) is 157 cm³/mol. The van der Waals surface area contributed by atoms with E-state index in [1.807, 2.05) is 85.8 Å². The average molecular weight is 547 g/mol. The van der Waals surface area contributed by atoms with Gasteiger partial charge in [0.05, 0.1) is 5.69 Å². The molecule has 1 aliphatic rings. The maximum Gasteiger partial charge on any atom is 0.335 e. The van der Waals surface area contributed by atoms with Crippen LogP contribution in [0.15, 0.2) is 103 Å². The Morgan fingerprint density at radius 2 is 1.52 bits per heavy atom. The molecule has 40 heavy (non-hydrogen) atoms. The zero-order valence-corrected chi connectivity index (χ0v) is 22.2. The molecule has 1 saturated heterocycles. The maximum absolute atomic E-state index is 13.6. The molecule has 0 saturated carbocycles. The summed E-state index contributed by atoms with van der Waals surface area (Å²) in [6, 6.07) is 29.5. The highest BCUT2D eigenvalue weighted by Crippen LogP contribution is 2.33. The Labute approximate surface area is 235 Å². The first-order chi connectivity index (χ1) is 19.4. The molecule has 0 radical (unpaired) electrons. The first-order valence-electron chi connectivity index (χ1n) is 12.7. The lowest BCUT2D eigenvalue weighted by molar-refractivity contribution is -0.122. The molecule has 1 N–H and O–H groups in total. The number of hydrogen-bond donors (Lipinski definition) is 1. The number of nitrogens with zero attached hydrogens (tertiary/aromatic N) is 1. The second-order valence-corrected chi connectivity index (χ2v) is 9.92. The molecular weight excluding hydrogens is 524 g/mol. The first-order valence-corrected chi connectivity index (χ1v) is 13.1. The summed E-state index contributed by atoms with van der Waals surface area (Å²) in [5.74, 6) is -1.03. The number of anilines is 1. The van der Waals surface area contributed by atoms with Crippen molar-refractivity contribution in [3.8, 4) is 5.75 Å². The van der Waals surface area contributed by atoms with Crippen LogP contribution in [0.25, 0.3) is 27.6 Å². The van der Waals surface area contributed by atoms with Crippen molar-refractivity contribution in [1.29, 1.82) is 0 Å². The van der Waals surface area contributed by atoms with Crippen LogP contribution < -0.4 is 15.0 Å². The van der Waals surface area contributed by atoms with E-state index in [1.165, 1.54) is 12.1 Å². The van der Waals surface area contributed by atoms with Crippen molar-refractivity contribution in [3.63, 3.8) is 0 Å². The lowest BCUT2D eigenvalue weighted by atomic mass is 9.99. The number of amides is 4. The topological polar surface area (TPSA) is 75.7 Å². The van der Waals surface area contributed by atoms with E-state index in [1.54, 1.807) is 12.1 Å². The lowest BCUT2D eigenvalue weighted by Crippen LogP contribution is -2.54. The third-order valence-electron chi connectivity index (χ3n) is 7.00. The predicted octanol–water partition coefficient (Wildman–Crippen LogP) is 7.20. The minimum Gasteiger partial charge on any atom is -0.488 e. The summed E-state index contributed by atoms with van der Waals surface area (Å²) in [5.41, 5.74) is 2.44. The monoisotopic (exact) mass is 546 g/mol. The summed E-state index contributed by atoms with van der Waals surface area (Å²) in [7, 11) is 0. The molecule has 1 heterocycles. The lowest BCUT2D eigenvalue weighted by Gasteiger charge is -2.27. The Balaban J connectivity index is 1.43. The molecule has 0 atom stereocenters. The van der Waals surface area contributed by atoms with Gasteiger partial charge in [-0.05, 0) is 63.9 Å². The van der Waals surface area contributed by atoms with Crippen LogP contribution in [-0.4, -0.2) is 17.8 Å². The van der Waals surface area contributed by atoms with Gasteiger partial charge in [0, 0.05) is 10.6 Å². The summed E-state index contributed by atoms with van der Waals surface area (Å²) in [6.07, 6.45) is 1.49. The van der Waals surface area contributed by atoms with Crippen LogP contribution in [0.4, 0.5) is 10.5 Å². The number of hydrogen-bond acceptors (Lipinski definition) is 4. The standard InChI is InChI=1S/C33H23ClN2O4/c1-20-13-15-24(17-29(20)34)36-32(38)28(31(37)35-33(36)39)18-27-26-12-5-3-8-22(26)14-16-30(27)40-19-23-10-6-9-21-7-2-4-11-25(21)23/h2-18H,19H2,1H3,(H,35,37,39)/b28-18+. The van der Waals surface area contributed by atoms with Crippen molar-refractivity contribution in [2.45, 2.75) is 13.5 Å². The number of carbonyl (C=O) groups is 3. The van der Waals surface area contributed by atoms with Crippen molar-refractivity contribution in [2.24, 2.45) is 0 Å². The molecule has 0 unspecified atom stereocenters. The minimum atomic E-state index is -0.836. The average Bonchev–Trinajstić information content (AvgIpc) is 2.96. The van der Waals surface area contributed by atoms with Crippen molar-refractivity contribution in [2.75, 3.05) is 4.90 Å². The Hall–Kier alpha value is -4.94. The molecule has 196 valence electrons. The number of rotatable bonds is 5. The van der Waals surface area contributed by atoms with E-state index < -0.39 is 17.8 Å².